The van der Waals surface area contributed by atoms with Gasteiger partial charge >= 0.3 is 0 Å². The molecule has 0 aromatic heterocycles. The zero-order valence-corrected chi connectivity index (χ0v) is 10.6. The van der Waals surface area contributed by atoms with E-state index in [0.717, 1.165) is 5.56 Å². The highest BCUT2D eigenvalue weighted by molar-refractivity contribution is 7.99. The Bertz CT molecular complexity index is 333. The quantitative estimate of drug-likeness (QED) is 0.728. The second-order valence-electron chi connectivity index (χ2n) is 4.68. The maximum atomic E-state index is 11.6. The number of carbonyl (C=O) groups is 1. The Kier molecular flexibility index (Phi) is 3.97. The maximum Gasteiger partial charge on any atom is 0.172 e. The van der Waals surface area contributed by atoms with Crippen LogP contribution in [0.3, 0.4) is 0 Å². The van der Waals surface area contributed by atoms with Crippen LogP contribution < -0.4 is 0 Å². The molecule has 0 unspecified atom stereocenters. The lowest BCUT2D eigenvalue weighted by Gasteiger charge is -2.18. The molecule has 2 heteroatoms. The van der Waals surface area contributed by atoms with Gasteiger partial charge in [0.2, 0.25) is 0 Å². The maximum absolute atomic E-state index is 11.6. The number of rotatable bonds is 3. The lowest BCUT2D eigenvalue weighted by molar-refractivity contribution is 0.102. The summed E-state index contributed by atoms with van der Waals surface area (Å²) in [6.45, 7) is 6.52. The highest BCUT2D eigenvalue weighted by atomic mass is 32.2. The Morgan fingerprint density at radius 2 is 1.73 bits per heavy atom. The molecule has 0 bridgehead atoms. The minimum absolute atomic E-state index is 0.154. The number of Topliss-reactive ketones (excluding diaryl/α,β-unsaturated/α-hetero) is 1. The van der Waals surface area contributed by atoms with Gasteiger partial charge in [0, 0.05) is 5.56 Å². The zero-order valence-electron chi connectivity index (χ0n) is 9.83. The Morgan fingerprint density at radius 1 is 1.20 bits per heavy atom. The summed E-state index contributed by atoms with van der Waals surface area (Å²) >= 11 is 1.56. The monoisotopic (exact) mass is 222 g/mol. The average Bonchev–Trinajstić information content (AvgIpc) is 2.17. The van der Waals surface area contributed by atoms with E-state index in [4.69, 9.17) is 0 Å². The van der Waals surface area contributed by atoms with Crippen LogP contribution in [0.2, 0.25) is 0 Å². The summed E-state index contributed by atoms with van der Waals surface area (Å²) in [5.41, 5.74) is 2.24. The van der Waals surface area contributed by atoms with Crippen LogP contribution in [0, 0.1) is 0 Å². The molecule has 0 N–H and O–H groups in total. The van der Waals surface area contributed by atoms with E-state index in [1.54, 1.807) is 11.8 Å². The van der Waals surface area contributed by atoms with Crippen LogP contribution in [-0.2, 0) is 5.41 Å². The fourth-order valence-corrected chi connectivity index (χ4v) is 1.80. The number of hydrogen-bond donors (Lipinski definition) is 0. The van der Waals surface area contributed by atoms with Crippen molar-refractivity contribution in [3.8, 4) is 0 Å². The van der Waals surface area contributed by atoms with Gasteiger partial charge in [0.15, 0.2) is 5.78 Å². The second-order valence-corrected chi connectivity index (χ2v) is 5.55. The Labute approximate surface area is 96.3 Å². The molecule has 1 aromatic rings. The van der Waals surface area contributed by atoms with E-state index in [-0.39, 0.29) is 11.2 Å². The van der Waals surface area contributed by atoms with Crippen LogP contribution in [0.15, 0.2) is 24.3 Å². The highest BCUT2D eigenvalue weighted by Gasteiger charge is 2.13. The van der Waals surface area contributed by atoms with Crippen molar-refractivity contribution in [1.29, 1.82) is 0 Å². The van der Waals surface area contributed by atoms with Crippen LogP contribution >= 0.6 is 11.8 Å². The first kappa shape index (κ1) is 12.3. The van der Waals surface area contributed by atoms with Gasteiger partial charge in [-0.1, -0.05) is 45.0 Å². The molecule has 1 aromatic carbocycles. The number of thioether (sulfide) groups is 1. The van der Waals surface area contributed by atoms with E-state index in [1.165, 1.54) is 5.56 Å². The standard InChI is InChI=1S/C13H18OS/c1-13(2,3)11-7-5-10(6-8-11)12(14)9-15-4/h5-8H,9H2,1-4H3. The SMILES string of the molecule is CSCC(=O)c1ccc(C(C)(C)C)cc1. The van der Waals surface area contributed by atoms with Crippen molar-refractivity contribution in [2.45, 2.75) is 26.2 Å². The molecule has 0 spiro atoms. The van der Waals surface area contributed by atoms with E-state index >= 15 is 0 Å². The number of hydrogen-bond acceptors (Lipinski definition) is 2. The summed E-state index contributed by atoms with van der Waals surface area (Å²) in [5, 5.41) is 0. The third-order valence-corrected chi connectivity index (χ3v) is 2.90. The van der Waals surface area contributed by atoms with Gasteiger partial charge in [-0.3, -0.25) is 4.79 Å². The molecule has 0 heterocycles. The van der Waals surface area contributed by atoms with Crippen LogP contribution in [0.25, 0.3) is 0 Å². The van der Waals surface area contributed by atoms with Crippen molar-refractivity contribution in [2.24, 2.45) is 0 Å². The molecular formula is C13H18OS. The third kappa shape index (κ3) is 3.38. The molecule has 0 atom stereocenters. The second kappa shape index (κ2) is 4.84. The molecular weight excluding hydrogens is 204 g/mol. The van der Waals surface area contributed by atoms with Gasteiger partial charge in [-0.25, -0.2) is 0 Å². The van der Waals surface area contributed by atoms with Gasteiger partial charge in [0.05, 0.1) is 5.75 Å². The molecule has 0 saturated heterocycles. The van der Waals surface area contributed by atoms with Crippen molar-refractivity contribution in [2.75, 3.05) is 12.0 Å². The average molecular weight is 222 g/mol. The van der Waals surface area contributed by atoms with Crippen LogP contribution in [0.1, 0.15) is 36.7 Å². The summed E-state index contributed by atoms with van der Waals surface area (Å²) in [6.07, 6.45) is 1.95. The number of ketones is 1. The summed E-state index contributed by atoms with van der Waals surface area (Å²) in [4.78, 5) is 11.6. The third-order valence-electron chi connectivity index (χ3n) is 2.35. The van der Waals surface area contributed by atoms with Crippen molar-refractivity contribution in [3.63, 3.8) is 0 Å². The van der Waals surface area contributed by atoms with Gasteiger partial charge in [0.25, 0.3) is 0 Å². The van der Waals surface area contributed by atoms with Gasteiger partial charge in [-0.05, 0) is 17.2 Å². The van der Waals surface area contributed by atoms with Crippen LogP contribution in [-0.4, -0.2) is 17.8 Å². The van der Waals surface area contributed by atoms with E-state index < -0.39 is 0 Å². The summed E-state index contributed by atoms with van der Waals surface area (Å²) in [7, 11) is 0. The highest BCUT2D eigenvalue weighted by Crippen LogP contribution is 2.22. The predicted octanol–water partition coefficient (Wildman–Crippen LogP) is 3.53. The number of carbonyl (C=O) groups excluding carboxylic acids is 1. The summed E-state index contributed by atoms with van der Waals surface area (Å²) in [5.74, 6) is 0.775. The molecule has 1 nitrogen and oxygen atoms in total. The normalized spacial score (nSPS) is 11.5. The Morgan fingerprint density at radius 3 is 2.13 bits per heavy atom. The molecule has 0 amide bonds. The minimum atomic E-state index is 0.154. The minimum Gasteiger partial charge on any atom is -0.293 e. The predicted molar refractivity (Wildman–Crippen MR) is 67.9 cm³/mol. The van der Waals surface area contributed by atoms with Crippen LogP contribution in [0.5, 0.6) is 0 Å². The van der Waals surface area contributed by atoms with Crippen molar-refractivity contribution in [3.05, 3.63) is 35.4 Å². The largest absolute Gasteiger partial charge is 0.293 e. The molecule has 0 aliphatic rings. The molecule has 0 aliphatic carbocycles. The summed E-state index contributed by atoms with van der Waals surface area (Å²) in [6, 6.07) is 7.96. The Balaban J connectivity index is 2.86. The van der Waals surface area contributed by atoms with Gasteiger partial charge in [-0.2, -0.15) is 11.8 Å². The van der Waals surface area contributed by atoms with Crippen molar-refractivity contribution < 1.29 is 4.79 Å². The first-order valence-electron chi connectivity index (χ1n) is 5.08. The first-order valence-corrected chi connectivity index (χ1v) is 6.47. The fourth-order valence-electron chi connectivity index (χ4n) is 1.37. The molecule has 1 rings (SSSR count). The van der Waals surface area contributed by atoms with E-state index in [9.17, 15) is 4.79 Å². The molecule has 0 radical (unpaired) electrons. The molecule has 0 aliphatic heterocycles. The van der Waals surface area contributed by atoms with Gasteiger partial charge < -0.3 is 0 Å². The van der Waals surface area contributed by atoms with Crippen molar-refractivity contribution in [1.82, 2.24) is 0 Å². The van der Waals surface area contributed by atoms with Crippen molar-refractivity contribution >= 4 is 17.5 Å². The lowest BCUT2D eigenvalue weighted by atomic mass is 9.86. The molecule has 0 fully saturated rings. The van der Waals surface area contributed by atoms with E-state index in [0.29, 0.717) is 5.75 Å². The summed E-state index contributed by atoms with van der Waals surface area (Å²) < 4.78 is 0. The smallest absolute Gasteiger partial charge is 0.172 e. The van der Waals surface area contributed by atoms with E-state index in [1.807, 2.05) is 30.5 Å². The number of benzene rings is 1. The first-order chi connectivity index (χ1) is 6.95. The van der Waals surface area contributed by atoms with E-state index in [2.05, 4.69) is 20.8 Å². The fraction of sp³-hybridized carbons (Fsp3) is 0.462. The zero-order chi connectivity index (χ0) is 11.5. The van der Waals surface area contributed by atoms with Crippen LogP contribution in [0.4, 0.5) is 0 Å². The lowest BCUT2D eigenvalue weighted by Crippen LogP contribution is -2.11. The Hall–Kier alpha value is -0.760. The molecule has 0 saturated carbocycles. The topological polar surface area (TPSA) is 17.1 Å². The van der Waals surface area contributed by atoms with Gasteiger partial charge in [0.1, 0.15) is 0 Å². The van der Waals surface area contributed by atoms with Gasteiger partial charge in [-0.15, -0.1) is 0 Å². The molecule has 82 valence electrons. The molecule has 15 heavy (non-hydrogen) atoms.